The number of rotatable bonds is 5. The lowest BCUT2D eigenvalue weighted by Gasteiger charge is -2.18. The van der Waals surface area contributed by atoms with Crippen molar-refractivity contribution in [2.45, 2.75) is 12.3 Å². The summed E-state index contributed by atoms with van der Waals surface area (Å²) in [5.74, 6) is 0.363. The predicted octanol–water partition coefficient (Wildman–Crippen LogP) is 4.73. The lowest BCUT2D eigenvalue weighted by Crippen LogP contribution is -2.13. The van der Waals surface area contributed by atoms with Crippen LogP contribution >= 0.6 is 23.2 Å². The molecule has 0 aromatic heterocycles. The van der Waals surface area contributed by atoms with Crippen molar-refractivity contribution in [2.24, 2.45) is 0 Å². The number of hydrogen-bond donors (Lipinski definition) is 1. The van der Waals surface area contributed by atoms with Crippen molar-refractivity contribution in [3.63, 3.8) is 0 Å². The zero-order valence-corrected chi connectivity index (χ0v) is 12.4. The van der Waals surface area contributed by atoms with Crippen LogP contribution in [0.15, 0.2) is 48.5 Å². The quantitative estimate of drug-likeness (QED) is 0.840. The summed E-state index contributed by atoms with van der Waals surface area (Å²) >= 11 is 11.9. The maximum atomic E-state index is 5.96. The second-order valence-corrected chi connectivity index (χ2v) is 5.42. The van der Waals surface area contributed by atoms with Crippen LogP contribution in [-0.2, 0) is 0 Å². The van der Waals surface area contributed by atoms with Gasteiger partial charge in [-0.05, 0) is 55.4 Å². The fraction of sp³-hybridized carbons (Fsp3) is 0.250. The van der Waals surface area contributed by atoms with Crippen LogP contribution in [0.1, 0.15) is 23.5 Å². The fourth-order valence-corrected chi connectivity index (χ4v) is 2.46. The first-order valence-corrected chi connectivity index (χ1v) is 7.12. The average molecular weight is 294 g/mol. The van der Waals surface area contributed by atoms with E-state index < -0.39 is 0 Å². The first-order chi connectivity index (χ1) is 9.20. The number of benzene rings is 2. The fourth-order valence-electron chi connectivity index (χ4n) is 2.20. The normalized spacial score (nSPS) is 10.9. The van der Waals surface area contributed by atoms with Gasteiger partial charge in [0.25, 0.3) is 0 Å². The van der Waals surface area contributed by atoms with Crippen LogP contribution in [0.5, 0.6) is 0 Å². The zero-order valence-electron chi connectivity index (χ0n) is 10.9. The minimum Gasteiger partial charge on any atom is -0.320 e. The molecule has 2 aromatic carbocycles. The van der Waals surface area contributed by atoms with Crippen molar-refractivity contribution in [2.75, 3.05) is 13.6 Å². The summed E-state index contributed by atoms with van der Waals surface area (Å²) in [6.07, 6.45) is 1.04. The molecule has 0 bridgehead atoms. The van der Waals surface area contributed by atoms with Gasteiger partial charge in [0.2, 0.25) is 0 Å². The van der Waals surface area contributed by atoms with Crippen molar-refractivity contribution in [1.29, 1.82) is 0 Å². The molecule has 0 radical (unpaired) electrons. The summed E-state index contributed by atoms with van der Waals surface area (Å²) in [6, 6.07) is 16.2. The molecule has 3 heteroatoms. The van der Waals surface area contributed by atoms with E-state index in [1.165, 1.54) is 11.1 Å². The van der Waals surface area contributed by atoms with Gasteiger partial charge >= 0.3 is 0 Å². The Labute approximate surface area is 124 Å². The van der Waals surface area contributed by atoms with E-state index in [0.29, 0.717) is 5.92 Å². The summed E-state index contributed by atoms with van der Waals surface area (Å²) in [4.78, 5) is 0. The molecular formula is C16H17Cl2N. The molecule has 0 heterocycles. The largest absolute Gasteiger partial charge is 0.320 e. The SMILES string of the molecule is CNCCC(c1ccc(Cl)cc1)c1ccc(Cl)cc1. The molecule has 0 aliphatic heterocycles. The Kier molecular flexibility index (Phi) is 5.26. The van der Waals surface area contributed by atoms with Crippen LogP contribution in [0.3, 0.4) is 0 Å². The highest BCUT2D eigenvalue weighted by Crippen LogP contribution is 2.29. The zero-order chi connectivity index (χ0) is 13.7. The highest BCUT2D eigenvalue weighted by atomic mass is 35.5. The van der Waals surface area contributed by atoms with Gasteiger partial charge in [0.1, 0.15) is 0 Å². The van der Waals surface area contributed by atoms with Gasteiger partial charge in [-0.2, -0.15) is 0 Å². The van der Waals surface area contributed by atoms with Gasteiger partial charge in [0.15, 0.2) is 0 Å². The monoisotopic (exact) mass is 293 g/mol. The van der Waals surface area contributed by atoms with E-state index in [2.05, 4.69) is 29.6 Å². The molecule has 0 aliphatic carbocycles. The van der Waals surface area contributed by atoms with E-state index in [4.69, 9.17) is 23.2 Å². The Hall–Kier alpha value is -1.02. The third kappa shape index (κ3) is 3.97. The summed E-state index contributed by atoms with van der Waals surface area (Å²) in [6.45, 7) is 0.968. The third-order valence-corrected chi connectivity index (χ3v) is 3.73. The summed E-state index contributed by atoms with van der Waals surface area (Å²) in [5, 5.41) is 4.75. The summed E-state index contributed by atoms with van der Waals surface area (Å²) in [5.41, 5.74) is 2.56. The van der Waals surface area contributed by atoms with Crippen LogP contribution in [0.2, 0.25) is 10.0 Å². The van der Waals surface area contributed by atoms with Crippen molar-refractivity contribution in [3.8, 4) is 0 Å². The van der Waals surface area contributed by atoms with Crippen molar-refractivity contribution in [1.82, 2.24) is 5.32 Å². The van der Waals surface area contributed by atoms with Gasteiger partial charge in [-0.3, -0.25) is 0 Å². The van der Waals surface area contributed by atoms with Gasteiger partial charge in [-0.15, -0.1) is 0 Å². The standard InChI is InChI=1S/C16H17Cl2N/c1-19-11-10-16(12-2-6-14(17)7-3-12)13-4-8-15(18)9-5-13/h2-9,16,19H,10-11H2,1H3. The van der Waals surface area contributed by atoms with E-state index >= 15 is 0 Å². The molecule has 100 valence electrons. The molecule has 0 saturated heterocycles. The Morgan fingerprint density at radius 2 is 1.26 bits per heavy atom. The van der Waals surface area contributed by atoms with Gasteiger partial charge in [0, 0.05) is 16.0 Å². The molecule has 0 atom stereocenters. The number of hydrogen-bond acceptors (Lipinski definition) is 1. The molecule has 0 spiro atoms. The molecule has 2 rings (SSSR count). The smallest absolute Gasteiger partial charge is 0.0406 e. The third-order valence-electron chi connectivity index (χ3n) is 3.23. The van der Waals surface area contributed by atoms with E-state index in [9.17, 15) is 0 Å². The van der Waals surface area contributed by atoms with Crippen molar-refractivity contribution < 1.29 is 0 Å². The molecule has 0 fully saturated rings. The highest BCUT2D eigenvalue weighted by molar-refractivity contribution is 6.30. The van der Waals surface area contributed by atoms with Crippen LogP contribution in [0, 0.1) is 0 Å². The number of nitrogens with one attached hydrogen (secondary N) is 1. The molecule has 0 aliphatic rings. The molecule has 0 unspecified atom stereocenters. The molecule has 1 nitrogen and oxygen atoms in total. The van der Waals surface area contributed by atoms with Crippen molar-refractivity contribution in [3.05, 3.63) is 69.7 Å². The van der Waals surface area contributed by atoms with Gasteiger partial charge < -0.3 is 5.32 Å². The van der Waals surface area contributed by atoms with Crippen molar-refractivity contribution >= 4 is 23.2 Å². The van der Waals surface area contributed by atoms with Gasteiger partial charge in [-0.25, -0.2) is 0 Å². The van der Waals surface area contributed by atoms with Crippen LogP contribution < -0.4 is 5.32 Å². The molecule has 19 heavy (non-hydrogen) atoms. The second-order valence-electron chi connectivity index (χ2n) is 4.55. The van der Waals surface area contributed by atoms with Gasteiger partial charge in [0.05, 0.1) is 0 Å². The Morgan fingerprint density at radius 1 is 0.842 bits per heavy atom. The lowest BCUT2D eigenvalue weighted by molar-refractivity contribution is 0.662. The van der Waals surface area contributed by atoms with Crippen LogP contribution in [0.4, 0.5) is 0 Å². The Balaban J connectivity index is 2.29. The average Bonchev–Trinajstić information content (AvgIpc) is 2.43. The van der Waals surface area contributed by atoms with Crippen LogP contribution in [-0.4, -0.2) is 13.6 Å². The topological polar surface area (TPSA) is 12.0 Å². The van der Waals surface area contributed by atoms with Gasteiger partial charge in [-0.1, -0.05) is 47.5 Å². The maximum Gasteiger partial charge on any atom is 0.0406 e. The minimum absolute atomic E-state index is 0.363. The van der Waals surface area contributed by atoms with Crippen LogP contribution in [0.25, 0.3) is 0 Å². The summed E-state index contributed by atoms with van der Waals surface area (Å²) in [7, 11) is 1.97. The first kappa shape index (κ1) is 14.4. The molecule has 1 N–H and O–H groups in total. The highest BCUT2D eigenvalue weighted by Gasteiger charge is 2.13. The predicted molar refractivity (Wildman–Crippen MR) is 83.3 cm³/mol. The lowest BCUT2D eigenvalue weighted by atomic mass is 9.88. The summed E-state index contributed by atoms with van der Waals surface area (Å²) < 4.78 is 0. The Morgan fingerprint density at radius 3 is 1.63 bits per heavy atom. The second kappa shape index (κ2) is 6.95. The molecular weight excluding hydrogens is 277 g/mol. The minimum atomic E-state index is 0.363. The molecule has 0 saturated carbocycles. The first-order valence-electron chi connectivity index (χ1n) is 6.36. The number of halogens is 2. The van der Waals surface area contributed by atoms with E-state index in [1.54, 1.807) is 0 Å². The maximum absolute atomic E-state index is 5.96. The van der Waals surface area contributed by atoms with E-state index in [0.717, 1.165) is 23.0 Å². The molecule has 2 aromatic rings. The Bertz CT molecular complexity index is 460. The van der Waals surface area contributed by atoms with E-state index in [1.807, 2.05) is 31.3 Å². The van der Waals surface area contributed by atoms with E-state index in [-0.39, 0.29) is 0 Å². The molecule has 0 amide bonds.